The molecule has 0 spiro atoms. The average molecular weight is 374 g/mol. The maximum absolute atomic E-state index is 6.07. The van der Waals surface area contributed by atoms with E-state index in [1.807, 2.05) is 24.3 Å². The van der Waals surface area contributed by atoms with Gasteiger partial charge in [-0.25, -0.2) is 0 Å². The van der Waals surface area contributed by atoms with E-state index >= 15 is 0 Å². The Hall–Kier alpha value is -2.17. The number of hydrogen-bond donors (Lipinski definition) is 0. The largest absolute Gasteiger partial charge is 0.493 e. The predicted octanol–water partition coefficient (Wildman–Crippen LogP) is 4.34. The summed E-state index contributed by atoms with van der Waals surface area (Å²) in [6.07, 6.45) is 4.38. The van der Waals surface area contributed by atoms with Crippen molar-refractivity contribution in [1.82, 2.24) is 4.90 Å². The fourth-order valence-electron chi connectivity index (χ4n) is 3.07. The summed E-state index contributed by atoms with van der Waals surface area (Å²) in [5, 5.41) is 0.733. The smallest absolute Gasteiger partial charge is 0.161 e. The van der Waals surface area contributed by atoms with Crippen LogP contribution in [0.4, 0.5) is 0 Å². The number of morpholine rings is 1. The van der Waals surface area contributed by atoms with Gasteiger partial charge >= 0.3 is 0 Å². The summed E-state index contributed by atoms with van der Waals surface area (Å²) in [7, 11) is 3.30. The first-order chi connectivity index (χ1) is 12.7. The minimum absolute atomic E-state index is 0.0925. The van der Waals surface area contributed by atoms with E-state index in [1.165, 1.54) is 5.56 Å². The van der Waals surface area contributed by atoms with Gasteiger partial charge in [0.25, 0.3) is 0 Å². The van der Waals surface area contributed by atoms with Crippen LogP contribution in [0.2, 0.25) is 5.02 Å². The molecule has 5 heteroatoms. The van der Waals surface area contributed by atoms with E-state index < -0.39 is 0 Å². The molecule has 1 unspecified atom stereocenters. The van der Waals surface area contributed by atoms with Gasteiger partial charge < -0.3 is 19.1 Å². The van der Waals surface area contributed by atoms with Gasteiger partial charge in [0.05, 0.1) is 27.4 Å². The van der Waals surface area contributed by atoms with Gasteiger partial charge in [0, 0.05) is 24.0 Å². The van der Waals surface area contributed by atoms with E-state index in [4.69, 9.17) is 25.8 Å². The second-order valence-electron chi connectivity index (χ2n) is 6.13. The summed E-state index contributed by atoms with van der Waals surface area (Å²) >= 11 is 6.07. The molecule has 1 aliphatic heterocycles. The quantitative estimate of drug-likeness (QED) is 0.753. The van der Waals surface area contributed by atoms with E-state index in [1.54, 1.807) is 14.2 Å². The monoisotopic (exact) mass is 373 g/mol. The highest BCUT2D eigenvalue weighted by Gasteiger charge is 2.15. The van der Waals surface area contributed by atoms with E-state index in [0.717, 1.165) is 48.4 Å². The van der Waals surface area contributed by atoms with E-state index in [0.29, 0.717) is 0 Å². The summed E-state index contributed by atoms with van der Waals surface area (Å²) in [6, 6.07) is 14.0. The molecule has 3 rings (SSSR count). The first kappa shape index (κ1) is 18.6. The molecule has 2 aromatic rings. The Morgan fingerprint density at radius 2 is 1.62 bits per heavy atom. The lowest BCUT2D eigenvalue weighted by Crippen LogP contribution is -2.32. The Balaban J connectivity index is 1.94. The lowest BCUT2D eigenvalue weighted by atomic mass is 9.91. The van der Waals surface area contributed by atoms with Crippen molar-refractivity contribution < 1.29 is 14.2 Å². The maximum Gasteiger partial charge on any atom is 0.161 e. The van der Waals surface area contributed by atoms with Crippen molar-refractivity contribution in [2.75, 3.05) is 40.5 Å². The van der Waals surface area contributed by atoms with Crippen molar-refractivity contribution in [2.45, 2.75) is 5.92 Å². The maximum atomic E-state index is 6.07. The van der Waals surface area contributed by atoms with Crippen LogP contribution in [0.1, 0.15) is 17.0 Å². The van der Waals surface area contributed by atoms with Gasteiger partial charge in [0.2, 0.25) is 0 Å². The lowest BCUT2D eigenvalue weighted by Gasteiger charge is -2.26. The molecule has 0 amide bonds. The van der Waals surface area contributed by atoms with Gasteiger partial charge in [0.15, 0.2) is 11.5 Å². The number of hydrogen-bond acceptors (Lipinski definition) is 4. The highest BCUT2D eigenvalue weighted by atomic mass is 35.5. The van der Waals surface area contributed by atoms with Crippen molar-refractivity contribution in [2.24, 2.45) is 0 Å². The molecule has 0 aliphatic carbocycles. The van der Waals surface area contributed by atoms with Crippen LogP contribution in [0.25, 0.3) is 0 Å². The number of ether oxygens (including phenoxy) is 3. The Morgan fingerprint density at radius 3 is 2.27 bits per heavy atom. The van der Waals surface area contributed by atoms with Crippen molar-refractivity contribution in [3.8, 4) is 11.5 Å². The first-order valence-electron chi connectivity index (χ1n) is 8.69. The summed E-state index contributed by atoms with van der Waals surface area (Å²) in [5.74, 6) is 1.54. The summed E-state index contributed by atoms with van der Waals surface area (Å²) < 4.78 is 16.3. The van der Waals surface area contributed by atoms with Crippen molar-refractivity contribution >= 4 is 11.6 Å². The second-order valence-corrected chi connectivity index (χ2v) is 6.57. The number of benzene rings is 2. The molecule has 4 nitrogen and oxygen atoms in total. The zero-order chi connectivity index (χ0) is 18.4. The Bertz CT molecular complexity index is 739. The van der Waals surface area contributed by atoms with Crippen molar-refractivity contribution in [3.63, 3.8) is 0 Å². The van der Waals surface area contributed by atoms with Gasteiger partial charge in [-0.1, -0.05) is 35.9 Å². The van der Waals surface area contributed by atoms with Gasteiger partial charge in [0.1, 0.15) is 0 Å². The van der Waals surface area contributed by atoms with Crippen LogP contribution in [0.5, 0.6) is 11.5 Å². The van der Waals surface area contributed by atoms with Crippen molar-refractivity contribution in [3.05, 3.63) is 70.9 Å². The molecular weight excluding hydrogens is 350 g/mol. The van der Waals surface area contributed by atoms with Gasteiger partial charge in [-0.05, 0) is 41.6 Å². The molecule has 1 heterocycles. The summed E-state index contributed by atoms with van der Waals surface area (Å²) in [5.41, 5.74) is 2.31. The highest BCUT2D eigenvalue weighted by Crippen LogP contribution is 2.34. The Morgan fingerprint density at radius 1 is 0.962 bits per heavy atom. The van der Waals surface area contributed by atoms with Crippen LogP contribution < -0.4 is 9.47 Å². The molecule has 0 N–H and O–H groups in total. The molecule has 0 radical (unpaired) electrons. The molecular formula is C21H24ClNO3. The normalized spacial score (nSPS) is 15.9. The Kier molecular flexibility index (Phi) is 6.42. The Labute approximate surface area is 159 Å². The van der Waals surface area contributed by atoms with Crippen LogP contribution in [0.15, 0.2) is 54.7 Å². The molecule has 0 bridgehead atoms. The van der Waals surface area contributed by atoms with Gasteiger partial charge in [-0.3, -0.25) is 0 Å². The molecule has 0 aromatic heterocycles. The van der Waals surface area contributed by atoms with E-state index in [9.17, 15) is 0 Å². The molecule has 26 heavy (non-hydrogen) atoms. The fourth-order valence-corrected chi connectivity index (χ4v) is 3.19. The number of rotatable bonds is 6. The van der Waals surface area contributed by atoms with Crippen LogP contribution >= 0.6 is 11.6 Å². The van der Waals surface area contributed by atoms with Crippen LogP contribution in [-0.4, -0.2) is 45.4 Å². The van der Waals surface area contributed by atoms with Crippen molar-refractivity contribution in [1.29, 1.82) is 0 Å². The predicted molar refractivity (Wildman–Crippen MR) is 104 cm³/mol. The summed E-state index contributed by atoms with van der Waals surface area (Å²) in [6.45, 7) is 3.37. The third kappa shape index (κ3) is 4.51. The molecule has 2 aromatic carbocycles. The second kappa shape index (κ2) is 8.97. The molecule has 1 atom stereocenters. The number of halogens is 1. The topological polar surface area (TPSA) is 30.9 Å². The SMILES string of the molecule is COc1ccc(C(C=CN2CCOCC2)c2ccc(Cl)cc2)cc1OC. The minimum atomic E-state index is 0.0925. The number of nitrogens with zero attached hydrogens (tertiary/aromatic N) is 1. The summed E-state index contributed by atoms with van der Waals surface area (Å²) in [4.78, 5) is 2.28. The molecule has 1 saturated heterocycles. The molecule has 1 aliphatic rings. The molecule has 138 valence electrons. The highest BCUT2D eigenvalue weighted by molar-refractivity contribution is 6.30. The fraction of sp³-hybridized carbons (Fsp3) is 0.333. The minimum Gasteiger partial charge on any atom is -0.493 e. The van der Waals surface area contributed by atoms with E-state index in [2.05, 4.69) is 35.4 Å². The first-order valence-corrected chi connectivity index (χ1v) is 9.06. The third-order valence-electron chi connectivity index (χ3n) is 4.53. The zero-order valence-corrected chi connectivity index (χ0v) is 15.9. The number of allylic oxidation sites excluding steroid dienone is 1. The average Bonchev–Trinajstić information content (AvgIpc) is 2.70. The molecule has 1 fully saturated rings. The van der Waals surface area contributed by atoms with Crippen LogP contribution in [-0.2, 0) is 4.74 Å². The number of methoxy groups -OCH3 is 2. The zero-order valence-electron chi connectivity index (χ0n) is 15.2. The van der Waals surface area contributed by atoms with E-state index in [-0.39, 0.29) is 5.92 Å². The van der Waals surface area contributed by atoms with Crippen LogP contribution in [0, 0.1) is 0 Å². The standard InChI is InChI=1S/C21H24ClNO3/c1-24-20-8-5-17(15-21(20)25-2)19(16-3-6-18(22)7-4-16)9-10-23-11-13-26-14-12-23/h3-10,15,19H,11-14H2,1-2H3. The van der Waals surface area contributed by atoms with Crippen LogP contribution in [0.3, 0.4) is 0 Å². The lowest BCUT2D eigenvalue weighted by molar-refractivity contribution is 0.0592. The third-order valence-corrected chi connectivity index (χ3v) is 4.78. The van der Waals surface area contributed by atoms with Gasteiger partial charge in [-0.2, -0.15) is 0 Å². The molecule has 0 saturated carbocycles. The van der Waals surface area contributed by atoms with Gasteiger partial charge in [-0.15, -0.1) is 0 Å².